The Kier molecular flexibility index (Phi) is 4.56. The molecule has 0 bridgehead atoms. The molecule has 0 spiro atoms. The lowest BCUT2D eigenvalue weighted by Crippen LogP contribution is -2.25. The van der Waals surface area contributed by atoms with E-state index in [-0.39, 0.29) is 11.9 Å². The van der Waals surface area contributed by atoms with E-state index in [1.165, 1.54) is 12.1 Å². The van der Waals surface area contributed by atoms with Crippen LogP contribution in [-0.2, 0) is 13.5 Å². The van der Waals surface area contributed by atoms with Gasteiger partial charge in [-0.2, -0.15) is 5.10 Å². The van der Waals surface area contributed by atoms with Crippen molar-refractivity contribution >= 4 is 11.6 Å². The fourth-order valence-corrected chi connectivity index (χ4v) is 2.48. The van der Waals surface area contributed by atoms with E-state index in [2.05, 4.69) is 10.4 Å². The molecule has 0 fully saturated rings. The van der Waals surface area contributed by atoms with Crippen LogP contribution >= 0.6 is 11.6 Å². The summed E-state index contributed by atoms with van der Waals surface area (Å²) in [6.45, 7) is 2.87. The van der Waals surface area contributed by atoms with Gasteiger partial charge in [0.1, 0.15) is 5.82 Å². The normalized spacial score (nSPS) is 12.6. The molecule has 1 aromatic carbocycles. The predicted octanol–water partition coefficient (Wildman–Crippen LogP) is 3.11. The van der Waals surface area contributed by atoms with E-state index in [1.807, 2.05) is 14.0 Å². The quantitative estimate of drug-likeness (QED) is 0.913. The number of nitrogens with one attached hydrogen (secondary N) is 1. The Balaban J connectivity index is 2.23. The standard InChI is InChI=1S/C14H17ClFN3/c1-3-17-13(14-12(15)9-18-19(14)2)8-10-4-6-11(16)7-5-10/h4-7,9,13,17H,3,8H2,1-2H3. The van der Waals surface area contributed by atoms with E-state index in [4.69, 9.17) is 11.6 Å². The van der Waals surface area contributed by atoms with Crippen molar-refractivity contribution in [1.82, 2.24) is 15.1 Å². The van der Waals surface area contributed by atoms with Crippen LogP contribution in [0.5, 0.6) is 0 Å². The zero-order valence-corrected chi connectivity index (χ0v) is 11.8. The smallest absolute Gasteiger partial charge is 0.123 e. The van der Waals surface area contributed by atoms with Crippen LogP contribution in [0.2, 0.25) is 5.02 Å². The van der Waals surface area contributed by atoms with Crippen molar-refractivity contribution in [2.45, 2.75) is 19.4 Å². The Morgan fingerprint density at radius 1 is 1.37 bits per heavy atom. The lowest BCUT2D eigenvalue weighted by molar-refractivity contribution is 0.507. The van der Waals surface area contributed by atoms with Crippen LogP contribution in [-0.4, -0.2) is 16.3 Å². The van der Waals surface area contributed by atoms with Gasteiger partial charge in [0.2, 0.25) is 0 Å². The van der Waals surface area contributed by atoms with E-state index < -0.39 is 0 Å². The van der Waals surface area contributed by atoms with Crippen LogP contribution in [0, 0.1) is 5.82 Å². The van der Waals surface area contributed by atoms with Gasteiger partial charge in [0.05, 0.1) is 23.0 Å². The first-order chi connectivity index (χ1) is 9.11. The van der Waals surface area contributed by atoms with Crippen molar-refractivity contribution in [3.63, 3.8) is 0 Å². The largest absolute Gasteiger partial charge is 0.309 e. The van der Waals surface area contributed by atoms with Crippen LogP contribution in [0.15, 0.2) is 30.5 Å². The maximum absolute atomic E-state index is 12.9. The summed E-state index contributed by atoms with van der Waals surface area (Å²) >= 11 is 6.18. The molecule has 2 rings (SSSR count). The number of halogens is 2. The van der Waals surface area contributed by atoms with Gasteiger partial charge in [-0.3, -0.25) is 4.68 Å². The van der Waals surface area contributed by atoms with Crippen LogP contribution in [0.25, 0.3) is 0 Å². The molecule has 0 saturated carbocycles. The number of hydrogen-bond acceptors (Lipinski definition) is 2. The van der Waals surface area contributed by atoms with Crippen LogP contribution in [0.3, 0.4) is 0 Å². The van der Waals surface area contributed by atoms with E-state index in [1.54, 1.807) is 23.0 Å². The number of aryl methyl sites for hydroxylation is 1. The van der Waals surface area contributed by atoms with Gasteiger partial charge in [0.15, 0.2) is 0 Å². The first-order valence-corrected chi connectivity index (χ1v) is 6.64. The minimum absolute atomic E-state index is 0.0652. The van der Waals surface area contributed by atoms with E-state index in [0.29, 0.717) is 5.02 Å². The molecule has 5 heteroatoms. The highest BCUT2D eigenvalue weighted by Gasteiger charge is 2.18. The average Bonchev–Trinajstić information content (AvgIpc) is 2.71. The van der Waals surface area contributed by atoms with Gasteiger partial charge in [-0.05, 0) is 30.7 Å². The topological polar surface area (TPSA) is 29.9 Å². The Morgan fingerprint density at radius 3 is 2.58 bits per heavy atom. The molecule has 0 aliphatic carbocycles. The summed E-state index contributed by atoms with van der Waals surface area (Å²) in [6, 6.07) is 6.61. The van der Waals surface area contributed by atoms with E-state index >= 15 is 0 Å². The highest BCUT2D eigenvalue weighted by atomic mass is 35.5. The molecule has 1 heterocycles. The molecule has 0 radical (unpaired) electrons. The van der Waals surface area contributed by atoms with Gasteiger partial charge in [-0.15, -0.1) is 0 Å². The molecule has 1 atom stereocenters. The molecule has 1 aromatic heterocycles. The average molecular weight is 282 g/mol. The minimum atomic E-state index is -0.220. The van der Waals surface area contributed by atoms with Gasteiger partial charge in [0.25, 0.3) is 0 Å². The maximum atomic E-state index is 12.9. The second kappa shape index (κ2) is 6.17. The minimum Gasteiger partial charge on any atom is -0.309 e. The zero-order chi connectivity index (χ0) is 13.8. The molecule has 19 heavy (non-hydrogen) atoms. The van der Waals surface area contributed by atoms with Gasteiger partial charge in [-0.25, -0.2) is 4.39 Å². The summed E-state index contributed by atoms with van der Waals surface area (Å²) in [7, 11) is 1.87. The number of aromatic nitrogens is 2. The van der Waals surface area contributed by atoms with Gasteiger partial charge in [-0.1, -0.05) is 30.7 Å². The lowest BCUT2D eigenvalue weighted by Gasteiger charge is -2.19. The number of rotatable bonds is 5. The molecule has 1 unspecified atom stereocenters. The van der Waals surface area contributed by atoms with Crippen molar-refractivity contribution in [2.24, 2.45) is 7.05 Å². The molecule has 1 N–H and O–H groups in total. The molecule has 0 aliphatic rings. The summed E-state index contributed by atoms with van der Waals surface area (Å²) in [6.07, 6.45) is 2.39. The van der Waals surface area contributed by atoms with E-state index in [9.17, 15) is 4.39 Å². The number of nitrogens with zero attached hydrogens (tertiary/aromatic N) is 2. The monoisotopic (exact) mass is 281 g/mol. The first kappa shape index (κ1) is 14.0. The van der Waals surface area contributed by atoms with Crippen molar-refractivity contribution in [2.75, 3.05) is 6.54 Å². The van der Waals surface area contributed by atoms with Crippen molar-refractivity contribution < 1.29 is 4.39 Å². The van der Waals surface area contributed by atoms with Crippen molar-refractivity contribution in [1.29, 1.82) is 0 Å². The maximum Gasteiger partial charge on any atom is 0.123 e. The molecule has 102 valence electrons. The highest BCUT2D eigenvalue weighted by molar-refractivity contribution is 6.31. The van der Waals surface area contributed by atoms with E-state index in [0.717, 1.165) is 24.2 Å². The number of likely N-dealkylation sites (N-methyl/N-ethyl adjacent to an activating group) is 1. The van der Waals surface area contributed by atoms with Crippen molar-refractivity contribution in [3.05, 3.63) is 52.6 Å². The highest BCUT2D eigenvalue weighted by Crippen LogP contribution is 2.25. The van der Waals surface area contributed by atoms with Gasteiger partial charge < -0.3 is 5.32 Å². The summed E-state index contributed by atoms with van der Waals surface area (Å²) in [5.74, 6) is -0.220. The Bertz CT molecular complexity index is 517. The molecule has 0 amide bonds. The third kappa shape index (κ3) is 3.33. The summed E-state index contributed by atoms with van der Waals surface area (Å²) in [4.78, 5) is 0. The molecule has 0 aliphatic heterocycles. The molecular weight excluding hydrogens is 265 g/mol. The Morgan fingerprint density at radius 2 is 2.05 bits per heavy atom. The second-order valence-corrected chi connectivity index (χ2v) is 4.85. The van der Waals surface area contributed by atoms with Crippen LogP contribution < -0.4 is 5.32 Å². The summed E-state index contributed by atoms with van der Waals surface area (Å²) in [5, 5.41) is 8.20. The molecule has 3 nitrogen and oxygen atoms in total. The zero-order valence-electron chi connectivity index (χ0n) is 11.0. The third-order valence-electron chi connectivity index (χ3n) is 3.07. The fraction of sp³-hybridized carbons (Fsp3) is 0.357. The van der Waals surface area contributed by atoms with Crippen molar-refractivity contribution in [3.8, 4) is 0 Å². The van der Waals surface area contributed by atoms with Gasteiger partial charge >= 0.3 is 0 Å². The summed E-state index contributed by atoms with van der Waals surface area (Å²) in [5.41, 5.74) is 2.01. The second-order valence-electron chi connectivity index (χ2n) is 4.44. The SMILES string of the molecule is CCNC(Cc1ccc(F)cc1)c1c(Cl)cnn1C. The van der Waals surface area contributed by atoms with Crippen LogP contribution in [0.4, 0.5) is 4.39 Å². The van der Waals surface area contributed by atoms with Crippen LogP contribution in [0.1, 0.15) is 24.2 Å². The summed E-state index contributed by atoms with van der Waals surface area (Å²) < 4.78 is 14.7. The Labute approximate surface area is 117 Å². The fourth-order valence-electron chi connectivity index (χ4n) is 2.18. The first-order valence-electron chi connectivity index (χ1n) is 6.27. The molecule has 2 aromatic rings. The number of hydrogen-bond donors (Lipinski definition) is 1. The Hall–Kier alpha value is -1.39. The molecular formula is C14H17ClFN3. The molecule has 0 saturated heterocycles. The number of benzene rings is 1. The lowest BCUT2D eigenvalue weighted by atomic mass is 10.0. The van der Waals surface area contributed by atoms with Gasteiger partial charge in [0, 0.05) is 7.05 Å². The third-order valence-corrected chi connectivity index (χ3v) is 3.36. The predicted molar refractivity (Wildman–Crippen MR) is 74.7 cm³/mol.